The van der Waals surface area contributed by atoms with E-state index in [0.717, 1.165) is 24.4 Å². The van der Waals surface area contributed by atoms with Crippen LogP contribution in [0.3, 0.4) is 0 Å². The number of halogens is 1. The lowest BCUT2D eigenvalue weighted by Crippen LogP contribution is -2.06. The molecule has 1 aliphatic carbocycles. The highest BCUT2D eigenvalue weighted by molar-refractivity contribution is 6.32. The van der Waals surface area contributed by atoms with Gasteiger partial charge >= 0.3 is 0 Å². The van der Waals surface area contributed by atoms with Crippen LogP contribution in [0.15, 0.2) is 30.7 Å². The van der Waals surface area contributed by atoms with Gasteiger partial charge < -0.3 is 14.6 Å². The lowest BCUT2D eigenvalue weighted by Gasteiger charge is -2.11. The Morgan fingerprint density at radius 3 is 3.00 bits per heavy atom. The van der Waals surface area contributed by atoms with Crippen LogP contribution in [0.5, 0.6) is 5.75 Å². The Bertz CT molecular complexity index is 607. The largest absolute Gasteiger partial charge is 0.492 e. The van der Waals surface area contributed by atoms with Crippen LogP contribution >= 0.6 is 11.6 Å². The van der Waals surface area contributed by atoms with Crippen LogP contribution in [-0.2, 0) is 6.54 Å². The fourth-order valence-electron chi connectivity index (χ4n) is 2.28. The highest BCUT2D eigenvalue weighted by atomic mass is 35.5. The molecule has 1 aromatic carbocycles. The van der Waals surface area contributed by atoms with E-state index in [1.165, 1.54) is 18.5 Å². The molecule has 21 heavy (non-hydrogen) atoms. The molecule has 1 aliphatic rings. The van der Waals surface area contributed by atoms with Crippen molar-refractivity contribution in [1.29, 1.82) is 0 Å². The first-order valence-corrected chi connectivity index (χ1v) is 7.82. The van der Waals surface area contributed by atoms with E-state index >= 15 is 0 Å². The van der Waals surface area contributed by atoms with Crippen molar-refractivity contribution in [1.82, 2.24) is 9.55 Å². The Hall–Kier alpha value is -1.68. The summed E-state index contributed by atoms with van der Waals surface area (Å²) in [6.07, 6.45) is 7.34. The summed E-state index contributed by atoms with van der Waals surface area (Å²) in [6.45, 7) is 3.52. The second kappa shape index (κ2) is 6.39. The fourth-order valence-corrected chi connectivity index (χ4v) is 2.52. The van der Waals surface area contributed by atoms with Gasteiger partial charge in [-0.05, 0) is 37.5 Å². The quantitative estimate of drug-likeness (QED) is 0.830. The normalized spacial score (nSPS) is 14.2. The highest BCUT2D eigenvalue weighted by Gasteiger charge is 2.24. The molecular weight excluding hydrogens is 286 g/mol. The van der Waals surface area contributed by atoms with Gasteiger partial charge in [-0.3, -0.25) is 0 Å². The molecule has 5 heteroatoms. The molecule has 0 aliphatic heterocycles. The molecule has 0 bridgehead atoms. The molecule has 4 nitrogen and oxygen atoms in total. The molecule has 1 saturated carbocycles. The molecule has 0 spiro atoms. The first-order chi connectivity index (χ1) is 10.3. The van der Waals surface area contributed by atoms with Gasteiger partial charge in [0.2, 0.25) is 0 Å². The Labute approximate surface area is 130 Å². The number of hydrogen-bond donors (Lipinski definition) is 1. The molecule has 0 atom stereocenters. The summed E-state index contributed by atoms with van der Waals surface area (Å²) in [4.78, 5) is 4.24. The standard InChI is InChI=1S/C16H20ClN3O/c1-2-7-21-16-6-3-12(8-15(16)17)19-10-14-9-18-11-20(14)13-4-5-13/h3,6,8-9,11,13,19H,2,4-5,7,10H2,1H3. The SMILES string of the molecule is CCCOc1ccc(NCc2cncn2C2CC2)cc1Cl. The van der Waals surface area contributed by atoms with Gasteiger partial charge in [0.25, 0.3) is 0 Å². The Kier molecular flexibility index (Phi) is 4.34. The summed E-state index contributed by atoms with van der Waals surface area (Å²) >= 11 is 6.23. The van der Waals surface area contributed by atoms with E-state index in [1.807, 2.05) is 30.7 Å². The molecule has 1 heterocycles. The van der Waals surface area contributed by atoms with Crippen molar-refractivity contribution in [3.8, 4) is 5.75 Å². The van der Waals surface area contributed by atoms with Crippen LogP contribution in [-0.4, -0.2) is 16.2 Å². The van der Waals surface area contributed by atoms with E-state index in [9.17, 15) is 0 Å². The Morgan fingerprint density at radius 1 is 1.43 bits per heavy atom. The summed E-state index contributed by atoms with van der Waals surface area (Å²) < 4.78 is 7.83. The molecule has 0 saturated heterocycles. The molecule has 1 fully saturated rings. The lowest BCUT2D eigenvalue weighted by atomic mass is 10.3. The molecule has 0 radical (unpaired) electrons. The number of ether oxygens (including phenoxy) is 1. The first-order valence-electron chi connectivity index (χ1n) is 7.45. The number of rotatable bonds is 7. The van der Waals surface area contributed by atoms with Gasteiger partial charge in [0.15, 0.2) is 0 Å². The van der Waals surface area contributed by atoms with Crippen molar-refractivity contribution in [2.75, 3.05) is 11.9 Å². The number of aromatic nitrogens is 2. The minimum Gasteiger partial charge on any atom is -0.492 e. The third kappa shape index (κ3) is 3.50. The molecule has 1 N–H and O–H groups in total. The van der Waals surface area contributed by atoms with Gasteiger partial charge in [0, 0.05) is 17.9 Å². The molecule has 112 valence electrons. The van der Waals surface area contributed by atoms with Gasteiger partial charge in [-0.1, -0.05) is 18.5 Å². The van der Waals surface area contributed by atoms with Crippen molar-refractivity contribution in [2.24, 2.45) is 0 Å². The highest BCUT2D eigenvalue weighted by Crippen LogP contribution is 2.35. The number of hydrogen-bond acceptors (Lipinski definition) is 3. The number of nitrogens with one attached hydrogen (secondary N) is 1. The minimum atomic E-state index is 0.643. The van der Waals surface area contributed by atoms with Crippen molar-refractivity contribution in [3.63, 3.8) is 0 Å². The average molecular weight is 306 g/mol. The maximum absolute atomic E-state index is 6.23. The molecule has 2 aromatic rings. The van der Waals surface area contributed by atoms with Crippen molar-refractivity contribution in [3.05, 3.63) is 41.4 Å². The van der Waals surface area contributed by atoms with Crippen molar-refractivity contribution >= 4 is 17.3 Å². The van der Waals surface area contributed by atoms with Crippen LogP contribution in [0.1, 0.15) is 37.9 Å². The predicted molar refractivity (Wildman–Crippen MR) is 85.1 cm³/mol. The zero-order valence-corrected chi connectivity index (χ0v) is 12.9. The summed E-state index contributed by atoms with van der Waals surface area (Å²) in [5.74, 6) is 0.743. The van der Waals surface area contributed by atoms with E-state index in [1.54, 1.807) is 0 Å². The van der Waals surface area contributed by atoms with Gasteiger partial charge in [0.1, 0.15) is 5.75 Å². The third-order valence-electron chi connectivity index (χ3n) is 3.55. The van der Waals surface area contributed by atoms with Crippen LogP contribution in [0.25, 0.3) is 0 Å². The topological polar surface area (TPSA) is 39.1 Å². The van der Waals surface area contributed by atoms with Gasteiger partial charge in [-0.2, -0.15) is 0 Å². The van der Waals surface area contributed by atoms with Crippen LogP contribution in [0.2, 0.25) is 5.02 Å². The van der Waals surface area contributed by atoms with E-state index < -0.39 is 0 Å². The average Bonchev–Trinajstić information content (AvgIpc) is 3.23. The van der Waals surface area contributed by atoms with E-state index in [2.05, 4.69) is 21.8 Å². The number of nitrogens with zero attached hydrogens (tertiary/aromatic N) is 2. The number of imidazole rings is 1. The summed E-state index contributed by atoms with van der Waals surface area (Å²) in [7, 11) is 0. The van der Waals surface area contributed by atoms with Gasteiger partial charge in [-0.25, -0.2) is 4.98 Å². The number of anilines is 1. The smallest absolute Gasteiger partial charge is 0.138 e. The Balaban J connectivity index is 1.62. The van der Waals surface area contributed by atoms with Crippen molar-refractivity contribution in [2.45, 2.75) is 38.8 Å². The first kappa shape index (κ1) is 14.3. The van der Waals surface area contributed by atoms with E-state index in [-0.39, 0.29) is 0 Å². The molecule has 0 unspecified atom stereocenters. The monoisotopic (exact) mass is 305 g/mol. The maximum atomic E-state index is 6.23. The van der Waals surface area contributed by atoms with Crippen LogP contribution in [0, 0.1) is 0 Å². The minimum absolute atomic E-state index is 0.643. The van der Waals surface area contributed by atoms with E-state index in [4.69, 9.17) is 16.3 Å². The molecule has 0 amide bonds. The third-order valence-corrected chi connectivity index (χ3v) is 3.85. The number of benzene rings is 1. The van der Waals surface area contributed by atoms with Crippen molar-refractivity contribution < 1.29 is 4.74 Å². The Morgan fingerprint density at radius 2 is 2.29 bits per heavy atom. The molecule has 3 rings (SSSR count). The second-order valence-corrected chi connectivity index (χ2v) is 5.78. The van der Waals surface area contributed by atoms with Crippen LogP contribution in [0.4, 0.5) is 5.69 Å². The van der Waals surface area contributed by atoms with Gasteiger partial charge in [-0.15, -0.1) is 0 Å². The summed E-state index contributed by atoms with van der Waals surface area (Å²) in [6, 6.07) is 6.47. The predicted octanol–water partition coefficient (Wildman–Crippen LogP) is 4.27. The van der Waals surface area contributed by atoms with Gasteiger partial charge in [0.05, 0.1) is 30.2 Å². The zero-order chi connectivity index (χ0) is 14.7. The fraction of sp³-hybridized carbons (Fsp3) is 0.438. The molecule has 1 aromatic heterocycles. The molecular formula is C16H20ClN3O. The van der Waals surface area contributed by atoms with Crippen LogP contribution < -0.4 is 10.1 Å². The lowest BCUT2D eigenvalue weighted by molar-refractivity contribution is 0.317. The van der Waals surface area contributed by atoms with E-state index in [0.29, 0.717) is 17.7 Å². The maximum Gasteiger partial charge on any atom is 0.138 e. The summed E-state index contributed by atoms with van der Waals surface area (Å²) in [5, 5.41) is 4.04. The summed E-state index contributed by atoms with van der Waals surface area (Å²) in [5.41, 5.74) is 2.20. The zero-order valence-electron chi connectivity index (χ0n) is 12.2. The second-order valence-electron chi connectivity index (χ2n) is 5.37.